The van der Waals surface area contributed by atoms with Crippen molar-refractivity contribution in [1.82, 2.24) is 9.55 Å². The lowest BCUT2D eigenvalue weighted by atomic mass is 10.1. The molecule has 1 aromatic rings. The topological polar surface area (TPSA) is 151 Å². The van der Waals surface area contributed by atoms with E-state index in [2.05, 4.69) is 4.52 Å². The Kier molecular flexibility index (Phi) is 4.66. The third-order valence-electron chi connectivity index (χ3n) is 3.14. The van der Waals surface area contributed by atoms with Crippen LogP contribution in [0, 0.1) is 5.82 Å². The molecule has 0 aliphatic carbocycles. The number of nitrogens with zero attached hydrogens (tertiary/aromatic N) is 1. The molecular weight excluding hydrogens is 326 g/mol. The van der Waals surface area contributed by atoms with Crippen LogP contribution in [0.5, 0.6) is 0 Å². The first-order chi connectivity index (χ1) is 10.1. The Morgan fingerprint density at radius 1 is 1.55 bits per heavy atom. The maximum atomic E-state index is 13.2. The van der Waals surface area contributed by atoms with Crippen molar-refractivity contribution in [2.45, 2.75) is 37.9 Å². The highest BCUT2D eigenvalue weighted by Gasteiger charge is 2.41. The number of phosphoric acid groups is 1. The number of ether oxygens (including phenoxy) is 1. The van der Waals surface area contributed by atoms with Crippen molar-refractivity contribution < 1.29 is 33.1 Å². The second kappa shape index (κ2) is 6.03. The monoisotopic (exact) mass is 340 g/mol. The molecule has 1 aliphatic rings. The molecule has 4 N–H and O–H groups in total. The fraction of sp³-hybridized carbons (Fsp3) is 0.600. The minimum atomic E-state index is -4.78. The fourth-order valence-electron chi connectivity index (χ4n) is 2.22. The Balaban J connectivity index is 2.21. The molecule has 10 nitrogen and oxygen atoms in total. The molecule has 0 spiro atoms. The summed E-state index contributed by atoms with van der Waals surface area (Å²) in [5, 5.41) is 9.86. The third kappa shape index (κ3) is 3.69. The fourth-order valence-corrected chi connectivity index (χ4v) is 2.78. The normalized spacial score (nSPS) is 27.0. The summed E-state index contributed by atoms with van der Waals surface area (Å²) >= 11 is 0. The van der Waals surface area contributed by atoms with E-state index in [0.717, 1.165) is 4.57 Å². The number of hydrogen-bond donors (Lipinski definition) is 4. The highest BCUT2D eigenvalue weighted by Crippen LogP contribution is 2.41. The van der Waals surface area contributed by atoms with Crippen molar-refractivity contribution in [2.24, 2.45) is 0 Å². The quantitative estimate of drug-likeness (QED) is 0.500. The molecule has 0 saturated carbocycles. The first-order valence-corrected chi connectivity index (χ1v) is 7.70. The summed E-state index contributed by atoms with van der Waals surface area (Å²) in [7, 11) is -4.78. The van der Waals surface area contributed by atoms with Crippen LogP contribution in [0.15, 0.2) is 15.8 Å². The molecule has 2 unspecified atom stereocenters. The van der Waals surface area contributed by atoms with E-state index >= 15 is 0 Å². The summed E-state index contributed by atoms with van der Waals surface area (Å²) in [5.74, 6) is -1.21. The van der Waals surface area contributed by atoms with Crippen molar-refractivity contribution in [1.29, 1.82) is 0 Å². The molecule has 2 rings (SSSR count). The second-order valence-electron chi connectivity index (χ2n) is 4.80. The molecule has 22 heavy (non-hydrogen) atoms. The van der Waals surface area contributed by atoms with E-state index < -0.39 is 49.4 Å². The van der Waals surface area contributed by atoms with E-state index in [-0.39, 0.29) is 6.42 Å². The summed E-state index contributed by atoms with van der Waals surface area (Å²) in [4.78, 5) is 41.8. The van der Waals surface area contributed by atoms with Crippen LogP contribution in [-0.4, -0.2) is 42.8 Å². The smallest absolute Gasteiger partial charge is 0.390 e. The zero-order valence-electron chi connectivity index (χ0n) is 11.2. The predicted molar refractivity (Wildman–Crippen MR) is 68.4 cm³/mol. The van der Waals surface area contributed by atoms with Crippen LogP contribution in [-0.2, 0) is 13.8 Å². The van der Waals surface area contributed by atoms with E-state index in [9.17, 15) is 23.7 Å². The van der Waals surface area contributed by atoms with Crippen LogP contribution in [0.2, 0.25) is 0 Å². The van der Waals surface area contributed by atoms with Gasteiger partial charge in [0.05, 0.1) is 18.4 Å². The molecule has 1 aliphatic heterocycles. The first kappa shape index (κ1) is 17.0. The van der Waals surface area contributed by atoms with Gasteiger partial charge in [-0.2, -0.15) is 4.39 Å². The molecule has 0 radical (unpaired) electrons. The zero-order valence-corrected chi connectivity index (χ0v) is 12.1. The first-order valence-electron chi connectivity index (χ1n) is 6.17. The molecule has 0 bridgehead atoms. The lowest BCUT2D eigenvalue weighted by Gasteiger charge is -2.22. The number of aliphatic hydroxyl groups excluding tert-OH is 1. The molecule has 1 aromatic heterocycles. The number of aliphatic hydroxyl groups is 1. The van der Waals surface area contributed by atoms with Gasteiger partial charge in [0.25, 0.3) is 5.56 Å². The minimum absolute atomic E-state index is 0.148. The van der Waals surface area contributed by atoms with Gasteiger partial charge in [0, 0.05) is 6.42 Å². The summed E-state index contributed by atoms with van der Waals surface area (Å²) in [6.07, 6.45) is -4.14. The number of H-pyrrole nitrogens is 1. The Bertz CT molecular complexity index is 712. The minimum Gasteiger partial charge on any atom is -0.390 e. The predicted octanol–water partition coefficient (Wildman–Crippen LogP) is -1.18. The van der Waals surface area contributed by atoms with Crippen molar-refractivity contribution in [2.75, 3.05) is 0 Å². The highest BCUT2D eigenvalue weighted by atomic mass is 31.2. The van der Waals surface area contributed by atoms with E-state index in [1.165, 1.54) is 6.92 Å². The van der Waals surface area contributed by atoms with Crippen LogP contribution in [0.3, 0.4) is 0 Å². The van der Waals surface area contributed by atoms with Crippen LogP contribution >= 0.6 is 7.82 Å². The number of rotatable bonds is 4. The Morgan fingerprint density at radius 3 is 2.77 bits per heavy atom. The number of hydrogen-bond acceptors (Lipinski definition) is 6. The number of phosphoric ester groups is 1. The van der Waals surface area contributed by atoms with Gasteiger partial charge in [-0.15, -0.1) is 0 Å². The lowest BCUT2D eigenvalue weighted by Crippen LogP contribution is -2.35. The van der Waals surface area contributed by atoms with Crippen molar-refractivity contribution in [3.63, 3.8) is 0 Å². The molecule has 0 amide bonds. The van der Waals surface area contributed by atoms with E-state index in [4.69, 9.17) is 14.5 Å². The maximum Gasteiger partial charge on any atom is 0.469 e. The van der Waals surface area contributed by atoms with Gasteiger partial charge in [-0.05, 0) is 6.92 Å². The van der Waals surface area contributed by atoms with E-state index in [1.807, 2.05) is 0 Å². The van der Waals surface area contributed by atoms with Gasteiger partial charge in [0.15, 0.2) is 0 Å². The molecule has 1 fully saturated rings. The largest absolute Gasteiger partial charge is 0.469 e. The Morgan fingerprint density at radius 2 is 2.18 bits per heavy atom. The van der Waals surface area contributed by atoms with Gasteiger partial charge >= 0.3 is 13.5 Å². The van der Waals surface area contributed by atoms with Crippen molar-refractivity contribution in [3.8, 4) is 0 Å². The number of halogens is 1. The molecule has 12 heteroatoms. The molecule has 2 heterocycles. The number of nitrogens with one attached hydrogen (secondary N) is 1. The Hall–Kier alpha value is -1.36. The second-order valence-corrected chi connectivity index (χ2v) is 6.00. The SMILES string of the molecule is C[C@H](OP(=O)(O)O)[C@H]1OC(n2cc(F)c(=O)[nH]c2=O)CC1O. The van der Waals surface area contributed by atoms with E-state index in [0.29, 0.717) is 6.20 Å². The molecule has 124 valence electrons. The molecular formula is C10H14FN2O8P. The lowest BCUT2D eigenvalue weighted by molar-refractivity contribution is -0.0750. The van der Waals surface area contributed by atoms with Gasteiger partial charge in [-0.1, -0.05) is 0 Å². The van der Waals surface area contributed by atoms with Crippen LogP contribution in [0.25, 0.3) is 0 Å². The third-order valence-corrected chi connectivity index (χ3v) is 3.74. The molecule has 0 aromatic carbocycles. The standard InChI is InChI=1S/C10H14FN2O8P/c1-4(21-22(17,18)19)8-6(14)2-7(20-8)13-3-5(11)9(15)12-10(13)16/h3-4,6-8,14H,2H2,1H3,(H,12,15,16)(H2,17,18,19)/t4-,6?,7?,8+/m0/s1. The van der Waals surface area contributed by atoms with Crippen LogP contribution in [0.4, 0.5) is 4.39 Å². The van der Waals surface area contributed by atoms with Crippen molar-refractivity contribution in [3.05, 3.63) is 32.9 Å². The van der Waals surface area contributed by atoms with Crippen LogP contribution < -0.4 is 11.2 Å². The van der Waals surface area contributed by atoms with Gasteiger partial charge in [0.1, 0.15) is 12.3 Å². The van der Waals surface area contributed by atoms with Crippen molar-refractivity contribution >= 4 is 7.82 Å². The summed E-state index contributed by atoms with van der Waals surface area (Å²) in [6.45, 7) is 1.27. The molecule has 4 atom stereocenters. The summed E-state index contributed by atoms with van der Waals surface area (Å²) < 4.78 is 34.5. The zero-order chi connectivity index (χ0) is 16.7. The summed E-state index contributed by atoms with van der Waals surface area (Å²) in [5.41, 5.74) is -2.12. The van der Waals surface area contributed by atoms with Crippen LogP contribution in [0.1, 0.15) is 19.6 Å². The highest BCUT2D eigenvalue weighted by molar-refractivity contribution is 7.46. The van der Waals surface area contributed by atoms with E-state index in [1.54, 1.807) is 4.98 Å². The number of aromatic amines is 1. The van der Waals surface area contributed by atoms with Gasteiger partial charge in [0.2, 0.25) is 5.82 Å². The van der Waals surface area contributed by atoms with Gasteiger partial charge < -0.3 is 19.6 Å². The number of aromatic nitrogens is 2. The average molecular weight is 340 g/mol. The Labute approximate surface area is 122 Å². The molecule has 1 saturated heterocycles. The summed E-state index contributed by atoms with van der Waals surface area (Å²) in [6, 6.07) is 0. The van der Waals surface area contributed by atoms with Gasteiger partial charge in [-0.3, -0.25) is 18.9 Å². The maximum absolute atomic E-state index is 13.2. The average Bonchev–Trinajstić information content (AvgIpc) is 2.73. The van der Waals surface area contributed by atoms with Gasteiger partial charge in [-0.25, -0.2) is 9.36 Å².